The van der Waals surface area contributed by atoms with Gasteiger partial charge in [0.15, 0.2) is 8.80 Å². The molecule has 0 aromatic heterocycles. The van der Waals surface area contributed by atoms with Crippen molar-refractivity contribution in [1.29, 1.82) is 0 Å². The zero-order chi connectivity index (χ0) is 29.5. The van der Waals surface area contributed by atoms with Crippen LogP contribution in [0.25, 0.3) is 32.7 Å². The quantitative estimate of drug-likeness (QED) is 0.111. The molecule has 1 radical (unpaired) electrons. The number of para-hydroxylation sites is 1. The van der Waals surface area contributed by atoms with Crippen molar-refractivity contribution < 1.29 is 4.74 Å². The van der Waals surface area contributed by atoms with Gasteiger partial charge in [0.05, 0.1) is 7.11 Å². The van der Waals surface area contributed by atoms with Gasteiger partial charge in [-0.1, -0.05) is 159 Å². The fourth-order valence-electron chi connectivity index (χ4n) is 7.00. The first-order valence-corrected chi connectivity index (χ1v) is 18.4. The number of hydrogen-bond donors (Lipinski definition) is 0. The highest BCUT2D eigenvalue weighted by molar-refractivity contribution is 7.64. The number of ether oxygens (including phenoxy) is 1. The molecule has 0 spiro atoms. The van der Waals surface area contributed by atoms with Crippen molar-refractivity contribution in [1.82, 2.24) is 0 Å². The van der Waals surface area contributed by atoms with Gasteiger partial charge < -0.3 is 4.74 Å². The summed E-state index contributed by atoms with van der Waals surface area (Å²) in [6, 6.07) is 56.4. The third-order valence-corrected chi connectivity index (χ3v) is 14.5. The van der Waals surface area contributed by atoms with E-state index >= 15 is 0 Å². The van der Waals surface area contributed by atoms with Gasteiger partial charge in [-0.25, -0.2) is 0 Å². The Morgan fingerprint density at radius 2 is 1.02 bits per heavy atom. The summed E-state index contributed by atoms with van der Waals surface area (Å²) in [5, 5.41) is 11.0. The lowest BCUT2D eigenvalue weighted by molar-refractivity contribution is 0.418. The molecule has 44 heavy (non-hydrogen) atoms. The molecule has 0 aliphatic carbocycles. The van der Waals surface area contributed by atoms with Crippen LogP contribution in [0.15, 0.2) is 152 Å². The molecule has 1 nitrogen and oxygen atoms in total. The van der Waals surface area contributed by atoms with Crippen molar-refractivity contribution in [2.45, 2.75) is 12.3 Å². The minimum atomic E-state index is -1.34. The van der Waals surface area contributed by atoms with Gasteiger partial charge in [-0.15, -0.1) is 0 Å². The van der Waals surface area contributed by atoms with Crippen molar-refractivity contribution in [3.63, 3.8) is 0 Å². The summed E-state index contributed by atoms with van der Waals surface area (Å²) in [5.74, 6) is 0.974. The van der Waals surface area contributed by atoms with Crippen molar-refractivity contribution in [2.24, 2.45) is 0 Å². The normalized spacial score (nSPS) is 13.0. The SMILES string of the molecule is COc1ccccc1[Si](c1ccccc1)c1ccccc1P1Cc2ccc3ccccc3c2-c2c(ccc3ccccc23)C1. The molecule has 0 saturated heterocycles. The Bertz CT molecular complexity index is 2050. The van der Waals surface area contributed by atoms with Crippen LogP contribution in [0.2, 0.25) is 0 Å². The summed E-state index contributed by atoms with van der Waals surface area (Å²) in [4.78, 5) is 0. The first kappa shape index (κ1) is 27.1. The molecule has 0 amide bonds. The van der Waals surface area contributed by atoms with E-state index in [4.69, 9.17) is 4.74 Å². The van der Waals surface area contributed by atoms with Crippen LogP contribution in [0.3, 0.4) is 0 Å². The number of methoxy groups -OCH3 is 1. The Labute approximate surface area is 262 Å². The topological polar surface area (TPSA) is 9.23 Å². The van der Waals surface area contributed by atoms with Gasteiger partial charge in [0.1, 0.15) is 5.75 Å². The monoisotopic (exact) mass is 599 g/mol. The van der Waals surface area contributed by atoms with E-state index in [-0.39, 0.29) is 0 Å². The molecule has 0 N–H and O–H groups in total. The highest BCUT2D eigenvalue weighted by atomic mass is 31.1. The predicted octanol–water partition coefficient (Wildman–Crippen LogP) is 8.01. The second kappa shape index (κ2) is 11.5. The van der Waals surface area contributed by atoms with Crippen LogP contribution in [-0.4, -0.2) is 15.9 Å². The molecule has 3 heteroatoms. The highest BCUT2D eigenvalue weighted by Gasteiger charge is 2.30. The number of fused-ring (bicyclic) bond motifs is 7. The smallest absolute Gasteiger partial charge is 0.160 e. The standard InChI is InChI=1S/C41H32OPSi/c1-42-36-19-9-11-21-38(36)44(33-15-3-2-4-16-33)39-22-12-10-20-37(39)43-27-31-25-23-29-13-5-7-17-34(29)40(31)41-32(28-43)26-24-30-14-6-8-18-35(30)41/h2-26H,27-28H2,1H3. The van der Waals surface area contributed by atoms with Gasteiger partial charge in [-0.2, -0.15) is 0 Å². The van der Waals surface area contributed by atoms with Gasteiger partial charge >= 0.3 is 0 Å². The zero-order valence-corrected chi connectivity index (χ0v) is 26.6. The Morgan fingerprint density at radius 3 is 1.66 bits per heavy atom. The molecule has 0 unspecified atom stereocenters. The Balaban J connectivity index is 1.37. The molecule has 1 aliphatic rings. The minimum Gasteiger partial charge on any atom is -0.497 e. The first-order valence-electron chi connectivity index (χ1n) is 15.2. The largest absolute Gasteiger partial charge is 0.497 e. The summed E-state index contributed by atoms with van der Waals surface area (Å²) < 4.78 is 5.98. The van der Waals surface area contributed by atoms with Crippen LogP contribution in [-0.2, 0) is 12.3 Å². The lowest BCUT2D eigenvalue weighted by atomic mass is 9.88. The molecule has 0 atom stereocenters. The fraction of sp³-hybridized carbons (Fsp3) is 0.0732. The van der Waals surface area contributed by atoms with Crippen LogP contribution < -0.4 is 25.6 Å². The second-order valence-corrected chi connectivity index (χ2v) is 16.1. The van der Waals surface area contributed by atoms with Crippen LogP contribution in [0, 0.1) is 0 Å². The number of hydrogen-bond acceptors (Lipinski definition) is 1. The van der Waals surface area contributed by atoms with Crippen LogP contribution in [0.5, 0.6) is 5.75 Å². The Hall–Kier alpha value is -4.49. The van der Waals surface area contributed by atoms with E-state index in [1.807, 2.05) is 0 Å². The van der Waals surface area contributed by atoms with Crippen LogP contribution in [0.1, 0.15) is 11.1 Å². The number of benzene rings is 7. The maximum Gasteiger partial charge on any atom is 0.160 e. The molecular weight excluding hydrogens is 568 g/mol. The van der Waals surface area contributed by atoms with E-state index < -0.39 is 16.7 Å². The third kappa shape index (κ3) is 4.67. The molecular formula is C41H32OPSi. The molecule has 0 bridgehead atoms. The van der Waals surface area contributed by atoms with E-state index in [2.05, 4.69) is 152 Å². The molecule has 1 heterocycles. The van der Waals surface area contributed by atoms with Gasteiger partial charge in [-0.3, -0.25) is 0 Å². The van der Waals surface area contributed by atoms with Gasteiger partial charge in [0, 0.05) is 0 Å². The van der Waals surface area contributed by atoms with Crippen molar-refractivity contribution in [3.8, 4) is 16.9 Å². The zero-order valence-electron chi connectivity index (χ0n) is 24.7. The van der Waals surface area contributed by atoms with E-state index in [1.54, 1.807) is 7.11 Å². The lowest BCUT2D eigenvalue weighted by Gasteiger charge is -2.26. The average Bonchev–Trinajstić information content (AvgIpc) is 3.27. The predicted molar refractivity (Wildman–Crippen MR) is 191 cm³/mol. The van der Waals surface area contributed by atoms with Crippen LogP contribution in [0.4, 0.5) is 0 Å². The highest BCUT2D eigenvalue weighted by Crippen LogP contribution is 2.52. The molecule has 7 aromatic rings. The summed E-state index contributed by atoms with van der Waals surface area (Å²) in [5.41, 5.74) is 5.78. The minimum absolute atomic E-state index is 0.541. The van der Waals surface area contributed by atoms with Crippen molar-refractivity contribution in [2.75, 3.05) is 7.11 Å². The number of rotatable bonds is 5. The molecule has 0 fully saturated rings. The third-order valence-electron chi connectivity index (χ3n) is 8.96. The maximum atomic E-state index is 5.98. The summed E-state index contributed by atoms with van der Waals surface area (Å²) in [7, 11) is -0.0817. The van der Waals surface area contributed by atoms with Gasteiger partial charge in [0.2, 0.25) is 0 Å². The molecule has 211 valence electrons. The van der Waals surface area contributed by atoms with Gasteiger partial charge in [-0.05, 0) is 77.9 Å². The van der Waals surface area contributed by atoms with E-state index in [1.165, 1.54) is 64.7 Å². The fourth-order valence-corrected chi connectivity index (χ4v) is 13.1. The molecule has 1 aliphatic heterocycles. The average molecular weight is 600 g/mol. The van der Waals surface area contributed by atoms with Gasteiger partial charge in [0.25, 0.3) is 0 Å². The Morgan fingerprint density at radius 1 is 0.500 bits per heavy atom. The summed E-state index contributed by atoms with van der Waals surface area (Å²) in [6.45, 7) is 0. The van der Waals surface area contributed by atoms with Crippen molar-refractivity contribution in [3.05, 3.63) is 163 Å². The molecule has 0 saturated carbocycles. The van der Waals surface area contributed by atoms with Crippen LogP contribution >= 0.6 is 7.92 Å². The molecule has 8 rings (SSSR count). The van der Waals surface area contributed by atoms with E-state index in [0.717, 1.165) is 18.1 Å². The maximum absolute atomic E-state index is 5.98. The molecule has 7 aromatic carbocycles. The second-order valence-electron chi connectivity index (χ2n) is 11.5. The van der Waals surface area contributed by atoms with E-state index in [9.17, 15) is 0 Å². The Kier molecular flexibility index (Phi) is 7.10. The van der Waals surface area contributed by atoms with Crippen molar-refractivity contribution >= 4 is 59.1 Å². The lowest BCUT2D eigenvalue weighted by Crippen LogP contribution is -2.56. The summed E-state index contributed by atoms with van der Waals surface area (Å²) in [6.07, 6.45) is 2.12. The summed E-state index contributed by atoms with van der Waals surface area (Å²) >= 11 is 0. The first-order chi connectivity index (χ1) is 21.8. The van der Waals surface area contributed by atoms with E-state index in [0.29, 0.717) is 0 Å².